The molecule has 36 heavy (non-hydrogen) atoms. The Morgan fingerprint density at radius 1 is 1.14 bits per heavy atom. The van der Waals surface area contributed by atoms with Crippen LogP contribution in [0, 0.1) is 10.1 Å². The van der Waals surface area contributed by atoms with Gasteiger partial charge in [-0.05, 0) is 31.3 Å². The second kappa shape index (κ2) is 11.1. The summed E-state index contributed by atoms with van der Waals surface area (Å²) in [6, 6.07) is 8.97. The minimum atomic E-state index is -0.493. The highest BCUT2D eigenvalue weighted by molar-refractivity contribution is 6.58. The van der Waals surface area contributed by atoms with Gasteiger partial charge in [-0.1, -0.05) is 5.16 Å². The van der Waals surface area contributed by atoms with Crippen molar-refractivity contribution in [2.75, 3.05) is 46.4 Å². The smallest absolute Gasteiger partial charge is 0.270 e. The van der Waals surface area contributed by atoms with Crippen molar-refractivity contribution in [1.29, 1.82) is 0 Å². The molecule has 0 amide bonds. The van der Waals surface area contributed by atoms with Crippen LogP contribution in [0.15, 0.2) is 46.5 Å². The Balaban J connectivity index is 0.00000180. The molecule has 3 heterocycles. The van der Waals surface area contributed by atoms with Crippen molar-refractivity contribution < 1.29 is 20.0 Å². The van der Waals surface area contributed by atoms with Gasteiger partial charge in [0.2, 0.25) is 0 Å². The molecule has 1 saturated heterocycles. The predicted octanol–water partition coefficient (Wildman–Crippen LogP) is 3.43. The van der Waals surface area contributed by atoms with Crippen LogP contribution in [0.25, 0.3) is 10.9 Å². The van der Waals surface area contributed by atoms with Gasteiger partial charge in [0.1, 0.15) is 23.8 Å². The fourth-order valence-electron chi connectivity index (χ4n) is 4.25. The van der Waals surface area contributed by atoms with Gasteiger partial charge in [-0.25, -0.2) is 4.99 Å². The number of aliphatic imine (C=N–C) groups is 1. The maximum atomic E-state index is 11.3. The van der Waals surface area contributed by atoms with Gasteiger partial charge >= 0.3 is 0 Å². The lowest BCUT2D eigenvalue weighted by molar-refractivity contribution is -0.384. The first-order valence-electron chi connectivity index (χ1n) is 10.9. The van der Waals surface area contributed by atoms with Crippen molar-refractivity contribution in [3.8, 4) is 11.6 Å². The molecule has 0 aliphatic carbocycles. The van der Waals surface area contributed by atoms with E-state index in [1.165, 1.54) is 30.3 Å². The average Bonchev–Trinajstić information content (AvgIpc) is 3.33. The fraction of sp³-hybridized carbons (Fsp3) is 0.304. The van der Waals surface area contributed by atoms with Crippen LogP contribution in [-0.4, -0.2) is 87.7 Å². The number of nitro groups is 1. The Labute approximate surface area is 219 Å². The number of benzene rings is 2. The van der Waals surface area contributed by atoms with Gasteiger partial charge in [0, 0.05) is 61.3 Å². The summed E-state index contributed by atoms with van der Waals surface area (Å²) in [4.78, 5) is 28.5. The third-order valence-corrected chi connectivity index (χ3v) is 6.15. The van der Waals surface area contributed by atoms with Crippen LogP contribution in [0.5, 0.6) is 11.6 Å². The maximum Gasteiger partial charge on any atom is 0.270 e. The summed E-state index contributed by atoms with van der Waals surface area (Å²) >= 11 is 0. The number of H-pyrrole nitrogens is 1. The standard InChI is InChI=1S/C23H24N6O5.2ClH/c1-27-6-8-28(9-7-27)10-11-34-26-21-17-13-15(30)3-5-19(17)24-22(21)20-16-12-14(29(32)33)2-4-18(16)25-23(20)31;;/h2-5,12-13,25,30-31H,6-11H2,1H3;2*1H/b26-21+;;. The Kier molecular flexibility index (Phi) is 8.41. The summed E-state index contributed by atoms with van der Waals surface area (Å²) in [5.41, 5.74) is 2.45. The van der Waals surface area contributed by atoms with E-state index in [1.54, 1.807) is 6.07 Å². The molecule has 1 aromatic heterocycles. The molecule has 0 radical (unpaired) electrons. The quantitative estimate of drug-likeness (QED) is 0.249. The van der Waals surface area contributed by atoms with Crippen LogP contribution in [0.2, 0.25) is 0 Å². The number of aromatic hydroxyl groups is 2. The number of rotatable bonds is 6. The number of nitro benzene ring substituents is 1. The molecule has 0 atom stereocenters. The lowest BCUT2D eigenvalue weighted by Gasteiger charge is -2.31. The number of phenols is 1. The Hall–Kier alpha value is -3.38. The van der Waals surface area contributed by atoms with Gasteiger partial charge in [-0.2, -0.15) is 0 Å². The van der Waals surface area contributed by atoms with E-state index in [0.29, 0.717) is 46.7 Å². The zero-order chi connectivity index (χ0) is 23.8. The van der Waals surface area contributed by atoms with Crippen LogP contribution in [0.3, 0.4) is 0 Å². The molecular weight excluding hydrogens is 511 g/mol. The second-order valence-corrected chi connectivity index (χ2v) is 8.42. The number of piperazine rings is 1. The third-order valence-electron chi connectivity index (χ3n) is 6.15. The number of aromatic amines is 1. The molecule has 0 bridgehead atoms. The Bertz CT molecular complexity index is 1330. The summed E-state index contributed by atoms with van der Waals surface area (Å²) in [6.07, 6.45) is 0. The van der Waals surface area contributed by atoms with E-state index in [2.05, 4.69) is 32.0 Å². The van der Waals surface area contributed by atoms with Gasteiger partial charge in [-0.3, -0.25) is 15.0 Å². The number of hydrogen-bond donors (Lipinski definition) is 3. The number of fused-ring (bicyclic) bond motifs is 2. The molecule has 2 aliphatic rings. The first-order chi connectivity index (χ1) is 16.4. The zero-order valence-electron chi connectivity index (χ0n) is 19.4. The molecule has 11 nitrogen and oxygen atoms in total. The molecule has 2 aliphatic heterocycles. The van der Waals surface area contributed by atoms with Gasteiger partial charge in [0.15, 0.2) is 5.88 Å². The fourth-order valence-corrected chi connectivity index (χ4v) is 4.25. The van der Waals surface area contributed by atoms with Crippen LogP contribution in [-0.2, 0) is 4.84 Å². The molecule has 3 N–H and O–H groups in total. The lowest BCUT2D eigenvalue weighted by Crippen LogP contribution is -2.45. The molecule has 5 rings (SSSR count). The molecule has 0 unspecified atom stereocenters. The minimum absolute atomic E-state index is 0. The average molecular weight is 537 g/mol. The van der Waals surface area contributed by atoms with Crippen molar-refractivity contribution in [1.82, 2.24) is 14.8 Å². The number of nitrogens with one attached hydrogen (secondary N) is 1. The van der Waals surface area contributed by atoms with Crippen LogP contribution in [0.1, 0.15) is 11.1 Å². The number of likely N-dealkylation sites (N-methyl/N-ethyl adjacent to an activating group) is 1. The number of phenolic OH excluding ortho intramolecular Hbond substituents is 1. The monoisotopic (exact) mass is 536 g/mol. The maximum absolute atomic E-state index is 11.3. The van der Waals surface area contributed by atoms with Crippen molar-refractivity contribution in [3.63, 3.8) is 0 Å². The second-order valence-electron chi connectivity index (χ2n) is 8.42. The largest absolute Gasteiger partial charge is 0.508 e. The predicted molar refractivity (Wildman–Crippen MR) is 142 cm³/mol. The molecule has 3 aromatic rings. The van der Waals surface area contributed by atoms with E-state index in [9.17, 15) is 20.3 Å². The summed E-state index contributed by atoms with van der Waals surface area (Å²) in [6.45, 7) is 5.01. The van der Waals surface area contributed by atoms with E-state index in [4.69, 9.17) is 4.84 Å². The van der Waals surface area contributed by atoms with Crippen LogP contribution < -0.4 is 0 Å². The SMILES string of the molecule is CN1CCN(CCO/N=C2/C(c3c(O)[nH]c4ccc([N+](=O)[O-])cc34)=Nc3ccc(O)cc32)CC1.Cl.Cl. The molecule has 2 aromatic carbocycles. The summed E-state index contributed by atoms with van der Waals surface area (Å²) in [5, 5.41) is 36.8. The van der Waals surface area contributed by atoms with Crippen molar-refractivity contribution in [2.45, 2.75) is 0 Å². The zero-order valence-corrected chi connectivity index (χ0v) is 21.0. The minimum Gasteiger partial charge on any atom is -0.508 e. The summed E-state index contributed by atoms with van der Waals surface area (Å²) in [7, 11) is 2.10. The topological polar surface area (TPSA) is 140 Å². The van der Waals surface area contributed by atoms with Crippen molar-refractivity contribution in [3.05, 3.63) is 57.6 Å². The number of aromatic nitrogens is 1. The highest BCUT2D eigenvalue weighted by Crippen LogP contribution is 2.38. The number of oxime groups is 1. The molecule has 0 spiro atoms. The van der Waals surface area contributed by atoms with Gasteiger partial charge in [-0.15, -0.1) is 24.8 Å². The van der Waals surface area contributed by atoms with E-state index < -0.39 is 4.92 Å². The Morgan fingerprint density at radius 2 is 1.89 bits per heavy atom. The highest BCUT2D eigenvalue weighted by atomic mass is 35.5. The molecule has 13 heteroatoms. The first-order valence-corrected chi connectivity index (χ1v) is 10.9. The number of hydrogen-bond acceptors (Lipinski definition) is 9. The highest BCUT2D eigenvalue weighted by Gasteiger charge is 2.30. The molecule has 0 saturated carbocycles. The molecule has 1 fully saturated rings. The van der Waals surface area contributed by atoms with Crippen LogP contribution >= 0.6 is 24.8 Å². The number of non-ortho nitro benzene ring substituents is 1. The Morgan fingerprint density at radius 3 is 2.61 bits per heavy atom. The van der Waals surface area contributed by atoms with Gasteiger partial charge in [0.25, 0.3) is 5.69 Å². The first kappa shape index (κ1) is 27.2. The van der Waals surface area contributed by atoms with Gasteiger partial charge in [0.05, 0.1) is 16.2 Å². The normalized spacial score (nSPS) is 16.8. The number of halogens is 2. The van der Waals surface area contributed by atoms with Crippen molar-refractivity contribution in [2.24, 2.45) is 10.1 Å². The summed E-state index contributed by atoms with van der Waals surface area (Å²) in [5.74, 6) is -0.143. The lowest BCUT2D eigenvalue weighted by atomic mass is 10.0. The van der Waals surface area contributed by atoms with E-state index >= 15 is 0 Å². The van der Waals surface area contributed by atoms with Gasteiger partial charge < -0.3 is 24.9 Å². The van der Waals surface area contributed by atoms with E-state index in [0.717, 1.165) is 26.2 Å². The number of nitrogens with zero attached hydrogens (tertiary/aromatic N) is 5. The van der Waals surface area contributed by atoms with Crippen molar-refractivity contribution >= 4 is 58.5 Å². The molecule has 192 valence electrons. The third kappa shape index (κ3) is 5.24. The van der Waals surface area contributed by atoms with Crippen LogP contribution in [0.4, 0.5) is 11.4 Å². The summed E-state index contributed by atoms with van der Waals surface area (Å²) < 4.78 is 0. The van der Waals surface area contributed by atoms with E-state index in [-0.39, 0.29) is 47.7 Å². The molecular formula is C23H26Cl2N6O5. The van der Waals surface area contributed by atoms with E-state index in [1.807, 2.05) is 0 Å².